The van der Waals surface area contributed by atoms with Crippen LogP contribution in [0, 0.1) is 4.77 Å². The van der Waals surface area contributed by atoms with E-state index < -0.39 is 0 Å². The summed E-state index contributed by atoms with van der Waals surface area (Å²) in [6, 6.07) is 2.80. The third-order valence-electron chi connectivity index (χ3n) is 3.23. The molecule has 0 saturated heterocycles. The van der Waals surface area contributed by atoms with E-state index >= 15 is 0 Å². The van der Waals surface area contributed by atoms with Crippen molar-refractivity contribution in [3.05, 3.63) is 27.2 Å². The minimum absolute atomic E-state index is 0.625. The van der Waals surface area contributed by atoms with Gasteiger partial charge in [0.2, 0.25) is 5.95 Å². The Balaban J connectivity index is 1.91. The molecule has 2 heterocycles. The highest BCUT2D eigenvalue weighted by Gasteiger charge is 2.32. The number of aromatic amines is 1. The van der Waals surface area contributed by atoms with Crippen molar-refractivity contribution < 1.29 is 0 Å². The minimum Gasteiger partial charge on any atom is -0.334 e. The lowest BCUT2D eigenvalue weighted by Gasteiger charge is -2.22. The van der Waals surface area contributed by atoms with Crippen LogP contribution < -0.4 is 4.90 Å². The Labute approximate surface area is 115 Å². The van der Waals surface area contributed by atoms with Crippen molar-refractivity contribution in [1.29, 1.82) is 0 Å². The maximum Gasteiger partial charge on any atom is 0.226 e. The van der Waals surface area contributed by atoms with Crippen molar-refractivity contribution in [2.45, 2.75) is 38.9 Å². The zero-order valence-corrected chi connectivity index (χ0v) is 11.9. The molecular formula is C12H16N4S2. The molecule has 96 valence electrons. The lowest BCUT2D eigenvalue weighted by molar-refractivity contribution is 0.681. The average Bonchev–Trinajstić information content (AvgIpc) is 2.95. The van der Waals surface area contributed by atoms with Gasteiger partial charge in [-0.2, -0.15) is 11.3 Å². The molecule has 1 fully saturated rings. The van der Waals surface area contributed by atoms with Crippen LogP contribution in [-0.2, 0) is 13.1 Å². The first-order valence-corrected chi connectivity index (χ1v) is 7.57. The Morgan fingerprint density at radius 1 is 1.61 bits per heavy atom. The minimum atomic E-state index is 0.625. The molecule has 4 nitrogen and oxygen atoms in total. The topological polar surface area (TPSA) is 36.9 Å². The second-order valence-electron chi connectivity index (χ2n) is 4.56. The van der Waals surface area contributed by atoms with Gasteiger partial charge in [0, 0.05) is 19.1 Å². The maximum absolute atomic E-state index is 5.27. The van der Waals surface area contributed by atoms with Gasteiger partial charge < -0.3 is 4.90 Å². The number of hydrogen-bond donors (Lipinski definition) is 1. The Kier molecular flexibility index (Phi) is 3.22. The van der Waals surface area contributed by atoms with E-state index in [1.165, 1.54) is 18.4 Å². The number of nitrogens with zero attached hydrogens (tertiary/aromatic N) is 3. The van der Waals surface area contributed by atoms with E-state index in [9.17, 15) is 0 Å². The van der Waals surface area contributed by atoms with E-state index in [1.807, 2.05) is 0 Å². The Morgan fingerprint density at radius 2 is 2.44 bits per heavy atom. The lowest BCUT2D eigenvalue weighted by Crippen LogP contribution is -2.28. The summed E-state index contributed by atoms with van der Waals surface area (Å²) >= 11 is 7.01. The van der Waals surface area contributed by atoms with Crippen molar-refractivity contribution in [2.75, 3.05) is 4.90 Å². The van der Waals surface area contributed by atoms with Gasteiger partial charge in [-0.15, -0.1) is 5.10 Å². The van der Waals surface area contributed by atoms with Gasteiger partial charge in [0.25, 0.3) is 0 Å². The molecule has 1 N–H and O–H groups in total. The third kappa shape index (κ3) is 2.22. The number of anilines is 1. The molecule has 0 spiro atoms. The molecule has 0 atom stereocenters. The van der Waals surface area contributed by atoms with E-state index in [1.54, 1.807) is 11.3 Å². The predicted molar refractivity (Wildman–Crippen MR) is 76.6 cm³/mol. The van der Waals surface area contributed by atoms with E-state index in [2.05, 4.69) is 43.4 Å². The molecule has 0 aromatic carbocycles. The molecule has 6 heteroatoms. The number of thiophene rings is 1. The predicted octanol–water partition coefficient (Wildman–Crippen LogP) is 3.19. The second kappa shape index (κ2) is 4.85. The summed E-state index contributed by atoms with van der Waals surface area (Å²) in [5.74, 6) is 0.983. The van der Waals surface area contributed by atoms with Crippen LogP contribution in [0.3, 0.4) is 0 Å². The molecule has 1 saturated carbocycles. The molecule has 2 aromatic heterocycles. The van der Waals surface area contributed by atoms with Crippen LogP contribution in [-0.4, -0.2) is 20.8 Å². The average molecular weight is 280 g/mol. The summed E-state index contributed by atoms with van der Waals surface area (Å²) < 4.78 is 2.78. The molecule has 0 bridgehead atoms. The van der Waals surface area contributed by atoms with E-state index in [4.69, 9.17) is 12.2 Å². The molecule has 0 amide bonds. The summed E-state index contributed by atoms with van der Waals surface area (Å²) in [7, 11) is 0. The van der Waals surface area contributed by atoms with Crippen LogP contribution >= 0.6 is 23.6 Å². The smallest absolute Gasteiger partial charge is 0.226 e. The van der Waals surface area contributed by atoms with E-state index in [0.29, 0.717) is 10.8 Å². The highest BCUT2D eigenvalue weighted by molar-refractivity contribution is 7.71. The largest absolute Gasteiger partial charge is 0.334 e. The van der Waals surface area contributed by atoms with Crippen LogP contribution in [0.15, 0.2) is 16.8 Å². The first-order valence-electron chi connectivity index (χ1n) is 6.22. The van der Waals surface area contributed by atoms with Crippen LogP contribution in [0.2, 0.25) is 0 Å². The van der Waals surface area contributed by atoms with Gasteiger partial charge in [0.1, 0.15) is 0 Å². The fourth-order valence-electron chi connectivity index (χ4n) is 2.14. The second-order valence-corrected chi connectivity index (χ2v) is 5.73. The number of rotatable bonds is 5. The molecule has 2 aromatic rings. The van der Waals surface area contributed by atoms with Gasteiger partial charge in [-0.3, -0.25) is 4.57 Å². The Morgan fingerprint density at radius 3 is 3.06 bits per heavy atom. The van der Waals surface area contributed by atoms with E-state index in [-0.39, 0.29) is 0 Å². The SMILES string of the molecule is CCn1c(N(Cc2ccsc2)C2CC2)n[nH]c1=S. The standard InChI is InChI=1S/C12H16N4S2/c1-2-15-11(13-14-12(15)17)16(10-3-4-10)7-9-5-6-18-8-9/h5-6,8,10H,2-4,7H2,1H3,(H,14,17). The third-order valence-corrected chi connectivity index (χ3v) is 4.28. The molecule has 3 rings (SSSR count). The van der Waals surface area contributed by atoms with Crippen LogP contribution in [0.1, 0.15) is 25.3 Å². The number of nitrogens with one attached hydrogen (secondary N) is 1. The molecule has 18 heavy (non-hydrogen) atoms. The maximum atomic E-state index is 5.27. The number of aromatic nitrogens is 3. The van der Waals surface area contributed by atoms with Crippen LogP contribution in [0.4, 0.5) is 5.95 Å². The zero-order valence-electron chi connectivity index (χ0n) is 10.3. The monoisotopic (exact) mass is 280 g/mol. The molecule has 0 aliphatic heterocycles. The fourth-order valence-corrected chi connectivity index (χ4v) is 3.06. The quantitative estimate of drug-likeness (QED) is 0.855. The molecule has 0 radical (unpaired) electrons. The van der Waals surface area contributed by atoms with Gasteiger partial charge in [-0.1, -0.05) is 0 Å². The summed E-state index contributed by atoms with van der Waals surface area (Å²) in [6.45, 7) is 3.88. The van der Waals surface area contributed by atoms with Gasteiger partial charge in [-0.25, -0.2) is 5.10 Å². The van der Waals surface area contributed by atoms with E-state index in [0.717, 1.165) is 19.0 Å². The van der Waals surface area contributed by atoms with Gasteiger partial charge in [-0.05, 0) is 54.4 Å². The normalized spacial score (nSPS) is 14.9. The Bertz CT molecular complexity index is 565. The fraction of sp³-hybridized carbons (Fsp3) is 0.500. The van der Waals surface area contributed by atoms with Crippen molar-refractivity contribution in [3.8, 4) is 0 Å². The molecule has 1 aliphatic rings. The van der Waals surface area contributed by atoms with Crippen molar-refractivity contribution in [1.82, 2.24) is 14.8 Å². The summed E-state index contributed by atoms with van der Waals surface area (Å²) in [6.07, 6.45) is 2.51. The summed E-state index contributed by atoms with van der Waals surface area (Å²) in [4.78, 5) is 2.37. The number of H-pyrrole nitrogens is 1. The zero-order chi connectivity index (χ0) is 12.5. The number of hydrogen-bond acceptors (Lipinski definition) is 4. The molecule has 0 unspecified atom stereocenters. The Hall–Kier alpha value is -1.14. The summed E-state index contributed by atoms with van der Waals surface area (Å²) in [5.41, 5.74) is 1.35. The lowest BCUT2D eigenvalue weighted by atomic mass is 10.3. The van der Waals surface area contributed by atoms with Gasteiger partial charge in [0.05, 0.1) is 0 Å². The first-order chi connectivity index (χ1) is 8.79. The van der Waals surface area contributed by atoms with Gasteiger partial charge in [0.15, 0.2) is 4.77 Å². The first kappa shape index (κ1) is 11.9. The molecular weight excluding hydrogens is 264 g/mol. The van der Waals surface area contributed by atoms with Crippen LogP contribution in [0.5, 0.6) is 0 Å². The van der Waals surface area contributed by atoms with Crippen LogP contribution in [0.25, 0.3) is 0 Å². The highest BCUT2D eigenvalue weighted by Crippen LogP contribution is 2.32. The summed E-state index contributed by atoms with van der Waals surface area (Å²) in [5, 5.41) is 11.6. The molecule has 1 aliphatic carbocycles. The van der Waals surface area contributed by atoms with Crippen molar-refractivity contribution in [3.63, 3.8) is 0 Å². The van der Waals surface area contributed by atoms with Crippen molar-refractivity contribution >= 4 is 29.5 Å². The van der Waals surface area contributed by atoms with Gasteiger partial charge >= 0.3 is 0 Å². The highest BCUT2D eigenvalue weighted by atomic mass is 32.1. The van der Waals surface area contributed by atoms with Crippen molar-refractivity contribution in [2.24, 2.45) is 0 Å².